The van der Waals surface area contributed by atoms with Gasteiger partial charge in [-0.05, 0) is 6.07 Å². The molecular formula is C18H18F5N5O2. The molecule has 0 fully saturated rings. The van der Waals surface area contributed by atoms with Crippen molar-refractivity contribution in [2.24, 2.45) is 16.5 Å². The Morgan fingerprint density at radius 3 is 2.47 bits per heavy atom. The van der Waals surface area contributed by atoms with Crippen LogP contribution in [0.4, 0.5) is 22.0 Å². The smallest absolute Gasteiger partial charge is 0.323 e. The van der Waals surface area contributed by atoms with Crippen molar-refractivity contribution in [2.75, 3.05) is 0 Å². The maximum Gasteiger partial charge on any atom is 0.426 e. The predicted molar refractivity (Wildman–Crippen MR) is 97.6 cm³/mol. The number of nitrogens with one attached hydrogen (secondary N) is 1. The van der Waals surface area contributed by atoms with Gasteiger partial charge < -0.3 is 21.2 Å². The van der Waals surface area contributed by atoms with E-state index >= 15 is 0 Å². The zero-order valence-corrected chi connectivity index (χ0v) is 15.4. The minimum absolute atomic E-state index is 0.126. The fraction of sp³-hybridized carbons (Fsp3) is 0.333. The van der Waals surface area contributed by atoms with E-state index in [0.717, 1.165) is 0 Å². The molecule has 7 nitrogen and oxygen atoms in total. The van der Waals surface area contributed by atoms with Crippen molar-refractivity contribution >= 4 is 12.0 Å². The second-order valence-corrected chi connectivity index (χ2v) is 6.33. The fourth-order valence-corrected chi connectivity index (χ4v) is 2.59. The molecule has 0 bridgehead atoms. The molecule has 2 aromatic rings. The van der Waals surface area contributed by atoms with E-state index in [1.54, 1.807) is 11.1 Å². The lowest BCUT2D eigenvalue weighted by atomic mass is 10.0. The second kappa shape index (κ2) is 9.67. The van der Waals surface area contributed by atoms with Gasteiger partial charge in [0.05, 0.1) is 12.6 Å². The summed E-state index contributed by atoms with van der Waals surface area (Å²) < 4.78 is 65.6. The number of aromatic amines is 1. The molecule has 0 saturated heterocycles. The zero-order valence-electron chi connectivity index (χ0n) is 15.4. The minimum atomic E-state index is -5.23. The van der Waals surface area contributed by atoms with Gasteiger partial charge in [0, 0.05) is 30.2 Å². The van der Waals surface area contributed by atoms with Gasteiger partial charge in [-0.15, -0.1) is 0 Å². The predicted octanol–water partition coefficient (Wildman–Crippen LogP) is 2.01. The van der Waals surface area contributed by atoms with Crippen molar-refractivity contribution in [1.29, 1.82) is 0 Å². The quantitative estimate of drug-likeness (QED) is 0.255. The molecule has 2 rings (SSSR count). The lowest BCUT2D eigenvalue weighted by Crippen LogP contribution is -2.35. The van der Waals surface area contributed by atoms with Crippen molar-refractivity contribution in [2.45, 2.75) is 37.6 Å². The molecular weight excluding hydrogens is 413 g/mol. The third-order valence-electron chi connectivity index (χ3n) is 4.15. The number of hydrogen-bond acceptors (Lipinski definition) is 6. The Bertz CT molecular complexity index is 990. The molecule has 1 heterocycles. The number of aldehydes is 1. The molecule has 12 heteroatoms. The average Bonchev–Trinajstić information content (AvgIpc) is 2.64. The van der Waals surface area contributed by atoms with Crippen LogP contribution in [0.15, 0.2) is 34.1 Å². The summed E-state index contributed by atoms with van der Waals surface area (Å²) in [5.74, 6) is -3.09. The summed E-state index contributed by atoms with van der Waals surface area (Å²) in [5, 5.41) is 0. The Labute approximate surface area is 167 Å². The van der Waals surface area contributed by atoms with Gasteiger partial charge in [0.25, 0.3) is 5.56 Å². The summed E-state index contributed by atoms with van der Waals surface area (Å²) in [6.07, 6.45) is -5.13. The van der Waals surface area contributed by atoms with Gasteiger partial charge in [-0.25, -0.2) is 9.37 Å². The molecule has 0 radical (unpaired) electrons. The number of nitrogens with two attached hydrogens (primary N) is 2. The molecule has 30 heavy (non-hydrogen) atoms. The summed E-state index contributed by atoms with van der Waals surface area (Å²) >= 11 is 0. The monoisotopic (exact) mass is 431 g/mol. The largest absolute Gasteiger partial charge is 0.426 e. The number of nitrogens with zero attached hydrogens (tertiary/aromatic N) is 2. The van der Waals surface area contributed by atoms with Crippen molar-refractivity contribution in [1.82, 2.24) is 9.97 Å². The summed E-state index contributed by atoms with van der Waals surface area (Å²) in [7, 11) is 0. The van der Waals surface area contributed by atoms with Gasteiger partial charge in [-0.1, -0.05) is 18.2 Å². The van der Waals surface area contributed by atoms with E-state index in [1.807, 2.05) is 0 Å². The van der Waals surface area contributed by atoms with E-state index in [4.69, 9.17) is 11.5 Å². The van der Waals surface area contributed by atoms with E-state index in [9.17, 15) is 31.5 Å². The van der Waals surface area contributed by atoms with Crippen LogP contribution in [0, 0.1) is 11.8 Å². The first-order valence-corrected chi connectivity index (χ1v) is 8.63. The maximum absolute atomic E-state index is 13.8. The third-order valence-corrected chi connectivity index (χ3v) is 4.15. The lowest BCUT2D eigenvalue weighted by Gasteiger charge is -2.18. The van der Waals surface area contributed by atoms with Crippen LogP contribution in [0.25, 0.3) is 0 Å². The highest BCUT2D eigenvalue weighted by Gasteiger charge is 2.39. The topological polar surface area (TPSA) is 127 Å². The zero-order chi connectivity index (χ0) is 22.5. The Morgan fingerprint density at radius 2 is 1.90 bits per heavy atom. The highest BCUT2D eigenvalue weighted by Crippen LogP contribution is 2.28. The SMILES string of the molecule is NC(CC=O)C(CC(N)c1nc(F)c(C(F)(F)F)c(=O)[nH]1)=NCc1ccccc1F. The van der Waals surface area contributed by atoms with Gasteiger partial charge in [0.2, 0.25) is 5.95 Å². The number of H-pyrrole nitrogens is 1. The first-order valence-electron chi connectivity index (χ1n) is 8.63. The van der Waals surface area contributed by atoms with Crippen LogP contribution in [0.3, 0.4) is 0 Å². The Balaban J connectivity index is 2.31. The summed E-state index contributed by atoms with van der Waals surface area (Å²) in [6, 6.07) is 3.56. The highest BCUT2D eigenvalue weighted by atomic mass is 19.4. The van der Waals surface area contributed by atoms with E-state index < -0.39 is 47.0 Å². The number of aromatic nitrogens is 2. The van der Waals surface area contributed by atoms with Crippen LogP contribution in [-0.2, 0) is 17.5 Å². The van der Waals surface area contributed by atoms with Crippen LogP contribution in [0.5, 0.6) is 0 Å². The van der Waals surface area contributed by atoms with Crippen molar-refractivity contribution in [3.8, 4) is 0 Å². The van der Waals surface area contributed by atoms with Gasteiger partial charge in [0.1, 0.15) is 17.9 Å². The molecule has 0 spiro atoms. The molecule has 2 atom stereocenters. The van der Waals surface area contributed by atoms with E-state index in [0.29, 0.717) is 6.29 Å². The number of alkyl halides is 3. The molecule has 0 aliphatic heterocycles. The molecule has 0 aliphatic rings. The third kappa shape index (κ3) is 5.76. The number of benzene rings is 1. The molecule has 1 aromatic carbocycles. The van der Waals surface area contributed by atoms with Crippen molar-refractivity contribution in [3.05, 3.63) is 63.3 Å². The molecule has 2 unspecified atom stereocenters. The van der Waals surface area contributed by atoms with Crippen LogP contribution in [0.2, 0.25) is 0 Å². The Kier molecular flexibility index (Phi) is 7.51. The minimum Gasteiger partial charge on any atom is -0.323 e. The summed E-state index contributed by atoms with van der Waals surface area (Å²) in [6.45, 7) is -0.146. The fourth-order valence-electron chi connectivity index (χ4n) is 2.59. The number of halogens is 5. The first kappa shape index (κ1) is 23.3. The molecule has 1 aromatic heterocycles. The van der Waals surface area contributed by atoms with Crippen LogP contribution < -0.4 is 17.0 Å². The van der Waals surface area contributed by atoms with Crippen molar-refractivity contribution in [3.63, 3.8) is 0 Å². The Morgan fingerprint density at radius 1 is 1.23 bits per heavy atom. The van der Waals surface area contributed by atoms with Crippen LogP contribution >= 0.6 is 0 Å². The lowest BCUT2D eigenvalue weighted by molar-refractivity contribution is -0.141. The second-order valence-electron chi connectivity index (χ2n) is 6.33. The maximum atomic E-state index is 13.8. The Hall–Kier alpha value is -2.99. The number of carbonyl (C=O) groups is 1. The average molecular weight is 431 g/mol. The van der Waals surface area contributed by atoms with E-state index in [-0.39, 0.29) is 30.7 Å². The van der Waals surface area contributed by atoms with Gasteiger partial charge >= 0.3 is 6.18 Å². The van der Waals surface area contributed by atoms with E-state index in [1.165, 1.54) is 18.2 Å². The standard InChI is InChI=1S/C18H18F5N5O2/c19-10-4-2-1-3-9(10)8-26-13(11(24)5-6-29)7-12(25)16-27-15(20)14(17(30)28-16)18(21,22)23/h1-4,6,11-12H,5,7-8,24-25H2,(H,27,28,30). The number of aliphatic imine (C=N–C) groups is 1. The first-order chi connectivity index (χ1) is 14.0. The summed E-state index contributed by atoms with van der Waals surface area (Å²) in [4.78, 5) is 31.5. The van der Waals surface area contributed by atoms with Gasteiger partial charge in [0.15, 0.2) is 5.56 Å². The van der Waals surface area contributed by atoms with Crippen molar-refractivity contribution < 1.29 is 26.7 Å². The number of carbonyl (C=O) groups excluding carboxylic acids is 1. The molecule has 162 valence electrons. The van der Waals surface area contributed by atoms with Crippen LogP contribution in [-0.4, -0.2) is 28.0 Å². The highest BCUT2D eigenvalue weighted by molar-refractivity contribution is 5.91. The molecule has 5 N–H and O–H groups in total. The summed E-state index contributed by atoms with van der Waals surface area (Å²) in [5.41, 5.74) is 8.28. The van der Waals surface area contributed by atoms with Crippen LogP contribution in [0.1, 0.15) is 35.8 Å². The van der Waals surface area contributed by atoms with Gasteiger partial charge in [-0.2, -0.15) is 17.6 Å². The number of hydrogen-bond donors (Lipinski definition) is 3. The molecule has 0 amide bonds. The molecule has 0 aliphatic carbocycles. The van der Waals surface area contributed by atoms with E-state index in [2.05, 4.69) is 9.98 Å². The number of rotatable bonds is 8. The van der Waals surface area contributed by atoms with Gasteiger partial charge in [-0.3, -0.25) is 9.79 Å². The molecule has 0 saturated carbocycles. The normalized spacial score (nSPS) is 14.4.